The Morgan fingerprint density at radius 1 is 1.39 bits per heavy atom. The Morgan fingerprint density at radius 3 is 2.67 bits per heavy atom. The zero-order chi connectivity index (χ0) is 13.5. The van der Waals surface area contributed by atoms with Gasteiger partial charge in [0.05, 0.1) is 12.2 Å². The highest BCUT2D eigenvalue weighted by Gasteiger charge is 2.06. The number of carbonyl (C=O) groups is 1. The number of rotatable bonds is 4. The Kier molecular flexibility index (Phi) is 5.51. The number of carbonyl (C=O) groups excluding carboxylic acids is 1. The van der Waals surface area contributed by atoms with Gasteiger partial charge in [-0.15, -0.1) is 0 Å². The van der Waals surface area contributed by atoms with Crippen molar-refractivity contribution in [3.05, 3.63) is 30.1 Å². The van der Waals surface area contributed by atoms with Crippen LogP contribution >= 0.6 is 12.2 Å². The summed E-state index contributed by atoms with van der Waals surface area (Å²) in [6.07, 6.45) is 0. The minimum Gasteiger partial charge on any atom is -0.353 e. The number of amides is 1. The largest absolute Gasteiger partial charge is 0.353 e. The monoisotopic (exact) mass is 269 g/mol. The van der Waals surface area contributed by atoms with Gasteiger partial charge in [-0.3, -0.25) is 4.79 Å². The number of halogens is 1. The fourth-order valence-electron chi connectivity index (χ4n) is 1.26. The molecule has 1 aromatic carbocycles. The molecule has 0 saturated heterocycles. The Balaban J connectivity index is 2.39. The van der Waals surface area contributed by atoms with Crippen LogP contribution in [0.5, 0.6) is 0 Å². The van der Waals surface area contributed by atoms with Crippen LogP contribution in [0.4, 0.5) is 10.1 Å². The van der Waals surface area contributed by atoms with Crippen LogP contribution in [-0.2, 0) is 4.79 Å². The van der Waals surface area contributed by atoms with E-state index >= 15 is 0 Å². The first-order chi connectivity index (χ1) is 8.49. The molecule has 4 nitrogen and oxygen atoms in total. The van der Waals surface area contributed by atoms with Gasteiger partial charge < -0.3 is 16.0 Å². The van der Waals surface area contributed by atoms with Crippen LogP contribution in [0.1, 0.15) is 13.8 Å². The predicted molar refractivity (Wildman–Crippen MR) is 73.9 cm³/mol. The quantitative estimate of drug-likeness (QED) is 0.727. The van der Waals surface area contributed by atoms with Crippen molar-refractivity contribution in [1.82, 2.24) is 10.6 Å². The number of para-hydroxylation sites is 1. The summed E-state index contributed by atoms with van der Waals surface area (Å²) in [4.78, 5) is 11.3. The second-order valence-corrected chi connectivity index (χ2v) is 4.42. The van der Waals surface area contributed by atoms with E-state index < -0.39 is 5.82 Å². The standard InChI is InChI=1S/C12H16FN3OS/c1-8(2)15-11(17)7-14-12(18)16-10-6-4-3-5-9(10)13/h3-6,8H,7H2,1-2H3,(H,15,17)(H2,14,16,18). The maximum absolute atomic E-state index is 13.3. The summed E-state index contributed by atoms with van der Waals surface area (Å²) in [5, 5.41) is 8.31. The van der Waals surface area contributed by atoms with E-state index in [0.717, 1.165) is 0 Å². The smallest absolute Gasteiger partial charge is 0.239 e. The van der Waals surface area contributed by atoms with Gasteiger partial charge >= 0.3 is 0 Å². The first-order valence-electron chi connectivity index (χ1n) is 5.58. The van der Waals surface area contributed by atoms with E-state index in [-0.39, 0.29) is 29.3 Å². The number of thiocarbonyl (C=S) groups is 1. The van der Waals surface area contributed by atoms with Gasteiger partial charge in [0.25, 0.3) is 0 Å². The Morgan fingerprint density at radius 2 is 2.06 bits per heavy atom. The molecule has 98 valence electrons. The molecule has 0 fully saturated rings. The first kappa shape index (κ1) is 14.4. The minimum atomic E-state index is -0.395. The van der Waals surface area contributed by atoms with Crippen molar-refractivity contribution in [3.63, 3.8) is 0 Å². The van der Waals surface area contributed by atoms with Crippen molar-refractivity contribution >= 4 is 28.9 Å². The SMILES string of the molecule is CC(C)NC(=O)CNC(=S)Nc1ccccc1F. The first-order valence-corrected chi connectivity index (χ1v) is 5.98. The van der Waals surface area contributed by atoms with Gasteiger partial charge in [0, 0.05) is 6.04 Å². The molecule has 3 N–H and O–H groups in total. The average molecular weight is 269 g/mol. The summed E-state index contributed by atoms with van der Waals surface area (Å²) >= 11 is 4.96. The summed E-state index contributed by atoms with van der Waals surface area (Å²) < 4.78 is 13.3. The minimum absolute atomic E-state index is 0.0540. The molecule has 0 bridgehead atoms. The van der Waals surface area contributed by atoms with Gasteiger partial charge in [0.15, 0.2) is 5.11 Å². The lowest BCUT2D eigenvalue weighted by molar-refractivity contribution is -0.120. The second kappa shape index (κ2) is 6.90. The number of hydrogen-bond acceptors (Lipinski definition) is 2. The maximum atomic E-state index is 13.3. The molecule has 0 unspecified atom stereocenters. The molecule has 0 atom stereocenters. The van der Waals surface area contributed by atoms with E-state index in [4.69, 9.17) is 12.2 Å². The summed E-state index contributed by atoms with van der Waals surface area (Å²) in [7, 11) is 0. The zero-order valence-electron chi connectivity index (χ0n) is 10.3. The van der Waals surface area contributed by atoms with Crippen LogP contribution < -0.4 is 16.0 Å². The molecule has 0 aliphatic carbocycles. The van der Waals surface area contributed by atoms with Crippen molar-refractivity contribution in [3.8, 4) is 0 Å². The molecule has 6 heteroatoms. The topological polar surface area (TPSA) is 53.2 Å². The van der Waals surface area contributed by atoms with Gasteiger partial charge in [-0.05, 0) is 38.2 Å². The van der Waals surface area contributed by atoms with E-state index in [9.17, 15) is 9.18 Å². The lowest BCUT2D eigenvalue weighted by Crippen LogP contribution is -2.41. The highest BCUT2D eigenvalue weighted by atomic mass is 32.1. The number of hydrogen-bond donors (Lipinski definition) is 3. The van der Waals surface area contributed by atoms with Gasteiger partial charge in [-0.25, -0.2) is 4.39 Å². The molecule has 18 heavy (non-hydrogen) atoms. The molecule has 0 heterocycles. The Labute approximate surface area is 111 Å². The van der Waals surface area contributed by atoms with Gasteiger partial charge in [-0.1, -0.05) is 12.1 Å². The molecule has 0 radical (unpaired) electrons. The normalized spacial score (nSPS) is 10.0. The van der Waals surface area contributed by atoms with Crippen LogP contribution in [0, 0.1) is 5.82 Å². The molecule has 0 aliphatic rings. The summed E-state index contributed by atoms with van der Waals surface area (Å²) in [5.41, 5.74) is 0.277. The van der Waals surface area contributed by atoms with E-state index in [2.05, 4.69) is 16.0 Å². The summed E-state index contributed by atoms with van der Waals surface area (Å²) in [6.45, 7) is 3.79. The van der Waals surface area contributed by atoms with Crippen LogP contribution in [0.2, 0.25) is 0 Å². The van der Waals surface area contributed by atoms with Crippen molar-refractivity contribution in [1.29, 1.82) is 0 Å². The lowest BCUT2D eigenvalue weighted by atomic mass is 10.3. The fourth-order valence-corrected chi connectivity index (χ4v) is 1.44. The number of benzene rings is 1. The Hall–Kier alpha value is -1.69. The third kappa shape index (κ3) is 5.09. The average Bonchev–Trinajstić information content (AvgIpc) is 2.29. The molecular weight excluding hydrogens is 253 g/mol. The summed E-state index contributed by atoms with van der Waals surface area (Å²) in [6, 6.07) is 6.26. The maximum Gasteiger partial charge on any atom is 0.239 e. The van der Waals surface area contributed by atoms with Crippen LogP contribution in [0.3, 0.4) is 0 Å². The van der Waals surface area contributed by atoms with Crippen LogP contribution in [0.25, 0.3) is 0 Å². The van der Waals surface area contributed by atoms with E-state index in [0.29, 0.717) is 0 Å². The Bertz CT molecular complexity index is 437. The van der Waals surface area contributed by atoms with E-state index in [1.54, 1.807) is 18.2 Å². The lowest BCUT2D eigenvalue weighted by Gasteiger charge is -2.12. The molecular formula is C12H16FN3OS. The molecule has 0 aliphatic heterocycles. The zero-order valence-corrected chi connectivity index (χ0v) is 11.1. The molecule has 1 aromatic rings. The highest BCUT2D eigenvalue weighted by Crippen LogP contribution is 2.11. The fraction of sp³-hybridized carbons (Fsp3) is 0.333. The van der Waals surface area contributed by atoms with E-state index in [1.807, 2.05) is 13.8 Å². The van der Waals surface area contributed by atoms with Crippen LogP contribution in [-0.4, -0.2) is 23.6 Å². The van der Waals surface area contributed by atoms with Crippen molar-refractivity contribution in [2.75, 3.05) is 11.9 Å². The van der Waals surface area contributed by atoms with Crippen molar-refractivity contribution in [2.24, 2.45) is 0 Å². The van der Waals surface area contributed by atoms with Crippen molar-refractivity contribution < 1.29 is 9.18 Å². The van der Waals surface area contributed by atoms with E-state index in [1.165, 1.54) is 6.07 Å². The number of anilines is 1. The van der Waals surface area contributed by atoms with Gasteiger partial charge in [0.2, 0.25) is 5.91 Å². The van der Waals surface area contributed by atoms with Crippen molar-refractivity contribution in [2.45, 2.75) is 19.9 Å². The van der Waals surface area contributed by atoms with Gasteiger partial charge in [0.1, 0.15) is 5.82 Å². The third-order valence-corrected chi connectivity index (χ3v) is 2.23. The molecule has 0 saturated carbocycles. The second-order valence-electron chi connectivity index (χ2n) is 4.01. The molecule has 1 rings (SSSR count). The highest BCUT2D eigenvalue weighted by molar-refractivity contribution is 7.80. The van der Waals surface area contributed by atoms with Crippen LogP contribution in [0.15, 0.2) is 24.3 Å². The molecule has 1 amide bonds. The third-order valence-electron chi connectivity index (χ3n) is 1.98. The molecule has 0 aromatic heterocycles. The number of nitrogens with one attached hydrogen (secondary N) is 3. The van der Waals surface area contributed by atoms with Gasteiger partial charge in [-0.2, -0.15) is 0 Å². The predicted octanol–water partition coefficient (Wildman–Crippen LogP) is 1.64. The molecule has 0 spiro atoms. The summed E-state index contributed by atoms with van der Waals surface area (Å²) in [5.74, 6) is -0.559.